The quantitative estimate of drug-likeness (QED) is 0.751. The number of hydrazone groups is 1. The van der Waals surface area contributed by atoms with Crippen LogP contribution in [0, 0.1) is 0 Å². The summed E-state index contributed by atoms with van der Waals surface area (Å²) in [5.41, 5.74) is 9.90. The van der Waals surface area contributed by atoms with Gasteiger partial charge in [-0.3, -0.25) is 0 Å². The van der Waals surface area contributed by atoms with E-state index >= 15 is 0 Å². The molecule has 0 spiro atoms. The topological polar surface area (TPSA) is 41.7 Å². The highest BCUT2D eigenvalue weighted by Crippen LogP contribution is 2.41. The first-order chi connectivity index (χ1) is 11.9. The number of hydrogen-bond donors (Lipinski definition) is 1. The van der Waals surface area contributed by atoms with Gasteiger partial charge in [-0.05, 0) is 22.2 Å². The van der Waals surface area contributed by atoms with Gasteiger partial charge in [0, 0.05) is 0 Å². The van der Waals surface area contributed by atoms with E-state index in [4.69, 9.17) is 0 Å². The van der Waals surface area contributed by atoms with Crippen LogP contribution in [0.15, 0.2) is 96.1 Å². The van der Waals surface area contributed by atoms with Gasteiger partial charge in [-0.2, -0.15) is 5.10 Å². The second-order valence-corrected chi connectivity index (χ2v) is 5.60. The molecular formula is C20H17N4. The van der Waals surface area contributed by atoms with Crippen LogP contribution in [0.1, 0.15) is 16.7 Å². The van der Waals surface area contributed by atoms with Crippen molar-refractivity contribution in [2.45, 2.75) is 5.54 Å². The van der Waals surface area contributed by atoms with Crippen molar-refractivity contribution in [3.05, 3.63) is 108 Å². The molecular weight excluding hydrogens is 296 g/mol. The lowest BCUT2D eigenvalue weighted by Gasteiger charge is -2.40. The zero-order chi connectivity index (χ0) is 16.2. The molecule has 1 N–H and O–H groups in total. The van der Waals surface area contributed by atoms with Crippen LogP contribution in [0.2, 0.25) is 0 Å². The van der Waals surface area contributed by atoms with Crippen LogP contribution in [-0.2, 0) is 5.54 Å². The summed E-state index contributed by atoms with van der Waals surface area (Å²) in [5.74, 6) is 0. The van der Waals surface area contributed by atoms with Gasteiger partial charge in [-0.1, -0.05) is 91.0 Å². The van der Waals surface area contributed by atoms with Gasteiger partial charge in [0.05, 0.1) is 0 Å². The lowest BCUT2D eigenvalue weighted by Crippen LogP contribution is -2.50. The largest absolute Gasteiger partial charge is 0.238 e. The maximum Gasteiger partial charge on any atom is 0.136 e. The Bertz CT molecular complexity index is 719. The summed E-state index contributed by atoms with van der Waals surface area (Å²) in [6.45, 7) is 0. The maximum atomic E-state index is 4.40. The fourth-order valence-electron chi connectivity index (χ4n) is 3.28. The Morgan fingerprint density at radius 3 is 1.38 bits per heavy atom. The van der Waals surface area contributed by atoms with Crippen molar-refractivity contribution in [2.75, 3.05) is 0 Å². The molecule has 0 aromatic heterocycles. The van der Waals surface area contributed by atoms with E-state index in [0.717, 1.165) is 16.7 Å². The van der Waals surface area contributed by atoms with E-state index in [9.17, 15) is 0 Å². The average Bonchev–Trinajstić information content (AvgIpc) is 3.20. The van der Waals surface area contributed by atoms with Crippen LogP contribution in [0.25, 0.3) is 0 Å². The van der Waals surface area contributed by atoms with Gasteiger partial charge in [0.25, 0.3) is 0 Å². The van der Waals surface area contributed by atoms with Crippen molar-refractivity contribution in [2.24, 2.45) is 5.10 Å². The summed E-state index contributed by atoms with van der Waals surface area (Å²) >= 11 is 0. The highest BCUT2D eigenvalue weighted by molar-refractivity contribution is 5.63. The third kappa shape index (κ3) is 2.25. The minimum atomic E-state index is -0.587. The Labute approximate surface area is 141 Å². The van der Waals surface area contributed by atoms with E-state index in [1.165, 1.54) is 0 Å². The molecule has 4 rings (SSSR count). The number of nitrogens with one attached hydrogen (secondary N) is 1. The molecule has 0 saturated heterocycles. The van der Waals surface area contributed by atoms with Crippen LogP contribution in [0.5, 0.6) is 0 Å². The van der Waals surface area contributed by atoms with Crippen molar-refractivity contribution in [3.63, 3.8) is 0 Å². The van der Waals surface area contributed by atoms with Crippen molar-refractivity contribution in [1.29, 1.82) is 0 Å². The van der Waals surface area contributed by atoms with Crippen LogP contribution in [0.3, 0.4) is 0 Å². The summed E-state index contributed by atoms with van der Waals surface area (Å²) < 4.78 is 0. The van der Waals surface area contributed by atoms with E-state index in [1.54, 1.807) is 6.34 Å². The SMILES string of the molecule is C1=NN[N]N1C(c1ccccc1)(c1ccccc1)c1ccccc1. The van der Waals surface area contributed by atoms with E-state index < -0.39 is 5.54 Å². The molecule has 0 amide bonds. The first kappa shape index (κ1) is 14.5. The molecule has 0 bridgehead atoms. The molecule has 117 valence electrons. The number of nitrogens with zero attached hydrogens (tertiary/aromatic N) is 3. The lowest BCUT2D eigenvalue weighted by atomic mass is 9.76. The standard InChI is InChI=1S/C20H17N4/c1-4-10-17(11-5-1)20(24-16-21-22-23-24,18-12-6-2-7-13-18)19-14-8-3-9-15-19/h1-16,22H. The lowest BCUT2D eigenvalue weighted by molar-refractivity contribution is 0.180. The maximum absolute atomic E-state index is 4.40. The summed E-state index contributed by atoms with van der Waals surface area (Å²) in [7, 11) is 0. The Hall–Kier alpha value is -3.11. The first-order valence-corrected chi connectivity index (χ1v) is 7.87. The summed E-state index contributed by atoms with van der Waals surface area (Å²) in [6.07, 6.45) is 1.73. The van der Waals surface area contributed by atoms with Crippen molar-refractivity contribution in [3.8, 4) is 0 Å². The third-order valence-corrected chi connectivity index (χ3v) is 4.30. The zero-order valence-electron chi connectivity index (χ0n) is 13.1. The molecule has 0 unspecified atom stereocenters. The molecule has 0 fully saturated rings. The normalized spacial score (nSPS) is 13.8. The predicted octanol–water partition coefficient (Wildman–Crippen LogP) is 3.26. The highest BCUT2D eigenvalue weighted by atomic mass is 15.8. The van der Waals surface area contributed by atoms with Crippen molar-refractivity contribution < 1.29 is 0 Å². The van der Waals surface area contributed by atoms with Gasteiger partial charge in [-0.15, -0.1) is 0 Å². The molecule has 3 aromatic carbocycles. The molecule has 1 aliphatic heterocycles. The fraction of sp³-hybridized carbons (Fsp3) is 0.0500. The summed E-state index contributed by atoms with van der Waals surface area (Å²) in [4.78, 5) is 0. The van der Waals surface area contributed by atoms with E-state index in [2.05, 4.69) is 89.0 Å². The van der Waals surface area contributed by atoms with Crippen LogP contribution < -0.4 is 11.1 Å². The van der Waals surface area contributed by atoms with Gasteiger partial charge in [0.1, 0.15) is 11.9 Å². The second-order valence-electron chi connectivity index (χ2n) is 5.60. The molecule has 1 heterocycles. The van der Waals surface area contributed by atoms with Crippen LogP contribution >= 0.6 is 0 Å². The van der Waals surface area contributed by atoms with Gasteiger partial charge >= 0.3 is 0 Å². The highest BCUT2D eigenvalue weighted by Gasteiger charge is 2.43. The Balaban J connectivity index is 2.05. The van der Waals surface area contributed by atoms with E-state index in [-0.39, 0.29) is 0 Å². The molecule has 24 heavy (non-hydrogen) atoms. The molecule has 3 aromatic rings. The fourth-order valence-corrected chi connectivity index (χ4v) is 3.28. The monoisotopic (exact) mass is 313 g/mol. The molecule has 4 heteroatoms. The van der Waals surface area contributed by atoms with Gasteiger partial charge in [-0.25, -0.2) is 10.5 Å². The Morgan fingerprint density at radius 1 is 0.625 bits per heavy atom. The predicted molar refractivity (Wildman–Crippen MR) is 94.8 cm³/mol. The Kier molecular flexibility index (Phi) is 3.73. The van der Waals surface area contributed by atoms with Gasteiger partial charge in [0.15, 0.2) is 0 Å². The van der Waals surface area contributed by atoms with Crippen molar-refractivity contribution >= 4 is 6.34 Å². The molecule has 4 nitrogen and oxygen atoms in total. The molecule has 1 aliphatic rings. The van der Waals surface area contributed by atoms with Crippen LogP contribution in [-0.4, -0.2) is 11.3 Å². The number of benzene rings is 3. The summed E-state index contributed by atoms with van der Waals surface area (Å²) in [5, 5.41) is 5.97. The number of hydrogen-bond acceptors (Lipinski definition) is 3. The second kappa shape index (κ2) is 6.18. The van der Waals surface area contributed by atoms with Crippen LogP contribution in [0.4, 0.5) is 0 Å². The molecule has 1 radical (unpaired) electrons. The molecule has 0 atom stereocenters. The van der Waals surface area contributed by atoms with Crippen molar-refractivity contribution in [1.82, 2.24) is 16.1 Å². The van der Waals surface area contributed by atoms with Gasteiger partial charge in [0.2, 0.25) is 0 Å². The third-order valence-electron chi connectivity index (χ3n) is 4.30. The Morgan fingerprint density at radius 2 is 1.04 bits per heavy atom. The molecule has 0 saturated carbocycles. The van der Waals surface area contributed by atoms with E-state index in [1.807, 2.05) is 23.2 Å². The molecule has 0 aliphatic carbocycles. The van der Waals surface area contributed by atoms with E-state index in [0.29, 0.717) is 0 Å². The first-order valence-electron chi connectivity index (χ1n) is 7.87. The minimum Gasteiger partial charge on any atom is -0.238 e. The number of rotatable bonds is 4. The van der Waals surface area contributed by atoms with Gasteiger partial charge < -0.3 is 0 Å². The summed E-state index contributed by atoms with van der Waals surface area (Å²) in [6, 6.07) is 31.1. The minimum absolute atomic E-state index is 0.587. The zero-order valence-corrected chi connectivity index (χ0v) is 13.1. The smallest absolute Gasteiger partial charge is 0.136 e. The average molecular weight is 313 g/mol.